The SMILES string of the molecule is Cc1nc(CNC2CC(C)CCC2C)cs1. The van der Waals surface area contributed by atoms with E-state index in [1.165, 1.54) is 30.0 Å². The summed E-state index contributed by atoms with van der Waals surface area (Å²) in [4.78, 5) is 4.50. The van der Waals surface area contributed by atoms with E-state index in [0.717, 1.165) is 18.4 Å². The van der Waals surface area contributed by atoms with Crippen LogP contribution in [0.25, 0.3) is 0 Å². The molecule has 0 saturated heterocycles. The average Bonchev–Trinajstić information content (AvgIpc) is 2.66. The smallest absolute Gasteiger partial charge is 0.0897 e. The van der Waals surface area contributed by atoms with Gasteiger partial charge in [0.1, 0.15) is 0 Å². The first-order valence-corrected chi connectivity index (χ1v) is 7.17. The zero-order chi connectivity index (χ0) is 11.5. The van der Waals surface area contributed by atoms with Gasteiger partial charge in [0.2, 0.25) is 0 Å². The van der Waals surface area contributed by atoms with Crippen LogP contribution in [0.1, 0.15) is 43.8 Å². The maximum absolute atomic E-state index is 4.50. The predicted molar refractivity (Wildman–Crippen MR) is 69.7 cm³/mol. The fraction of sp³-hybridized carbons (Fsp3) is 0.769. The van der Waals surface area contributed by atoms with Gasteiger partial charge >= 0.3 is 0 Å². The van der Waals surface area contributed by atoms with Crippen LogP contribution in [0.5, 0.6) is 0 Å². The number of rotatable bonds is 3. The first-order chi connectivity index (χ1) is 7.65. The molecule has 0 aromatic carbocycles. The van der Waals surface area contributed by atoms with E-state index in [9.17, 15) is 0 Å². The molecular formula is C13H22N2S. The van der Waals surface area contributed by atoms with Crippen molar-refractivity contribution in [2.45, 2.75) is 52.6 Å². The third kappa shape index (κ3) is 3.05. The standard InChI is InChI=1S/C13H22N2S/c1-9-4-5-10(2)13(6-9)14-7-12-8-16-11(3)15-12/h8-10,13-14H,4-7H2,1-3H3. The quantitative estimate of drug-likeness (QED) is 0.873. The summed E-state index contributed by atoms with van der Waals surface area (Å²) in [6.07, 6.45) is 4.09. The van der Waals surface area contributed by atoms with Crippen LogP contribution >= 0.6 is 11.3 Å². The van der Waals surface area contributed by atoms with E-state index in [4.69, 9.17) is 0 Å². The Labute approximate surface area is 102 Å². The molecule has 1 heterocycles. The lowest BCUT2D eigenvalue weighted by molar-refractivity contribution is 0.227. The van der Waals surface area contributed by atoms with Gasteiger partial charge in [-0.15, -0.1) is 11.3 Å². The Bertz CT molecular complexity index is 334. The zero-order valence-electron chi connectivity index (χ0n) is 10.5. The van der Waals surface area contributed by atoms with Crippen LogP contribution in [-0.4, -0.2) is 11.0 Å². The van der Waals surface area contributed by atoms with Crippen molar-refractivity contribution in [3.05, 3.63) is 16.1 Å². The van der Waals surface area contributed by atoms with E-state index < -0.39 is 0 Å². The van der Waals surface area contributed by atoms with Gasteiger partial charge in [-0.2, -0.15) is 0 Å². The van der Waals surface area contributed by atoms with Gasteiger partial charge in [-0.3, -0.25) is 0 Å². The molecule has 16 heavy (non-hydrogen) atoms. The van der Waals surface area contributed by atoms with Crippen LogP contribution in [-0.2, 0) is 6.54 Å². The molecule has 1 aliphatic rings. The van der Waals surface area contributed by atoms with Crippen LogP contribution in [0.4, 0.5) is 0 Å². The number of aromatic nitrogens is 1. The number of thiazole rings is 1. The van der Waals surface area contributed by atoms with Crippen LogP contribution in [0.3, 0.4) is 0 Å². The van der Waals surface area contributed by atoms with E-state index in [2.05, 4.69) is 36.5 Å². The molecule has 0 aliphatic heterocycles. The summed E-state index contributed by atoms with van der Waals surface area (Å²) in [7, 11) is 0. The van der Waals surface area contributed by atoms with Crippen LogP contribution in [0.15, 0.2) is 5.38 Å². The van der Waals surface area contributed by atoms with Gasteiger partial charge in [-0.1, -0.05) is 20.3 Å². The second-order valence-corrected chi connectivity index (χ2v) is 6.30. The van der Waals surface area contributed by atoms with Crippen LogP contribution < -0.4 is 5.32 Å². The molecule has 1 aromatic heterocycles. The molecule has 0 spiro atoms. The van der Waals surface area contributed by atoms with Gasteiger partial charge < -0.3 is 5.32 Å². The van der Waals surface area contributed by atoms with Crippen molar-refractivity contribution < 1.29 is 0 Å². The predicted octanol–water partition coefficient (Wildman–Crippen LogP) is 3.37. The maximum atomic E-state index is 4.50. The van der Waals surface area contributed by atoms with Gasteiger partial charge in [-0.25, -0.2) is 4.98 Å². The van der Waals surface area contributed by atoms with Crippen molar-refractivity contribution in [3.8, 4) is 0 Å². The molecule has 2 rings (SSSR count). The normalized spacial score (nSPS) is 30.6. The Hall–Kier alpha value is -0.410. The first kappa shape index (κ1) is 12.1. The van der Waals surface area contributed by atoms with Gasteiger partial charge in [0.05, 0.1) is 10.7 Å². The highest BCUT2D eigenvalue weighted by molar-refractivity contribution is 7.09. The molecule has 1 aromatic rings. The fourth-order valence-corrected chi connectivity index (χ4v) is 3.15. The summed E-state index contributed by atoms with van der Waals surface area (Å²) in [6.45, 7) is 7.74. The monoisotopic (exact) mass is 238 g/mol. The molecular weight excluding hydrogens is 216 g/mol. The van der Waals surface area contributed by atoms with E-state index >= 15 is 0 Å². The molecule has 3 atom stereocenters. The zero-order valence-corrected chi connectivity index (χ0v) is 11.3. The second kappa shape index (κ2) is 5.28. The number of nitrogens with one attached hydrogen (secondary N) is 1. The molecule has 3 heteroatoms. The van der Waals surface area contributed by atoms with E-state index in [1.54, 1.807) is 11.3 Å². The molecule has 0 bridgehead atoms. The second-order valence-electron chi connectivity index (χ2n) is 5.24. The molecule has 1 N–H and O–H groups in total. The molecule has 1 saturated carbocycles. The first-order valence-electron chi connectivity index (χ1n) is 6.29. The topological polar surface area (TPSA) is 24.9 Å². The third-order valence-electron chi connectivity index (χ3n) is 3.67. The molecule has 0 amide bonds. The van der Waals surface area contributed by atoms with Crippen molar-refractivity contribution >= 4 is 11.3 Å². The Morgan fingerprint density at radius 2 is 2.25 bits per heavy atom. The average molecular weight is 238 g/mol. The highest BCUT2D eigenvalue weighted by Crippen LogP contribution is 2.28. The highest BCUT2D eigenvalue weighted by Gasteiger charge is 2.24. The lowest BCUT2D eigenvalue weighted by atomic mass is 9.80. The minimum Gasteiger partial charge on any atom is -0.308 e. The number of nitrogens with zero attached hydrogens (tertiary/aromatic N) is 1. The lowest BCUT2D eigenvalue weighted by Gasteiger charge is -2.33. The molecule has 1 aliphatic carbocycles. The van der Waals surface area contributed by atoms with Gasteiger partial charge in [0.15, 0.2) is 0 Å². The third-order valence-corrected chi connectivity index (χ3v) is 4.49. The Balaban J connectivity index is 1.84. The summed E-state index contributed by atoms with van der Waals surface area (Å²) in [5.41, 5.74) is 1.20. The summed E-state index contributed by atoms with van der Waals surface area (Å²) in [5.74, 6) is 1.70. The molecule has 90 valence electrons. The van der Waals surface area contributed by atoms with E-state index in [1.807, 2.05) is 0 Å². The summed E-state index contributed by atoms with van der Waals surface area (Å²) >= 11 is 1.74. The van der Waals surface area contributed by atoms with E-state index in [-0.39, 0.29) is 0 Å². The molecule has 1 fully saturated rings. The van der Waals surface area contributed by atoms with Crippen molar-refractivity contribution in [2.24, 2.45) is 11.8 Å². The minimum absolute atomic E-state index is 0.686. The molecule has 3 unspecified atom stereocenters. The highest BCUT2D eigenvalue weighted by atomic mass is 32.1. The van der Waals surface area contributed by atoms with Crippen molar-refractivity contribution in [1.29, 1.82) is 0 Å². The van der Waals surface area contributed by atoms with Gasteiger partial charge in [0, 0.05) is 18.0 Å². The maximum Gasteiger partial charge on any atom is 0.0897 e. The van der Waals surface area contributed by atoms with Crippen molar-refractivity contribution in [1.82, 2.24) is 10.3 Å². The lowest BCUT2D eigenvalue weighted by Crippen LogP contribution is -2.39. The molecule has 0 radical (unpaired) electrons. The number of hydrogen-bond acceptors (Lipinski definition) is 3. The molecule has 2 nitrogen and oxygen atoms in total. The summed E-state index contributed by atoms with van der Waals surface area (Å²) in [5, 5.41) is 7.01. The Morgan fingerprint density at radius 3 is 2.94 bits per heavy atom. The van der Waals surface area contributed by atoms with E-state index in [0.29, 0.717) is 6.04 Å². The minimum atomic E-state index is 0.686. The Morgan fingerprint density at radius 1 is 1.44 bits per heavy atom. The van der Waals surface area contributed by atoms with Crippen molar-refractivity contribution in [2.75, 3.05) is 0 Å². The van der Waals surface area contributed by atoms with Crippen LogP contribution in [0, 0.1) is 18.8 Å². The summed E-state index contributed by atoms with van der Waals surface area (Å²) in [6, 6.07) is 0.686. The van der Waals surface area contributed by atoms with Gasteiger partial charge in [-0.05, 0) is 31.6 Å². The Kier molecular flexibility index (Phi) is 3.98. The largest absolute Gasteiger partial charge is 0.308 e. The van der Waals surface area contributed by atoms with Crippen LogP contribution in [0.2, 0.25) is 0 Å². The van der Waals surface area contributed by atoms with Crippen molar-refractivity contribution in [3.63, 3.8) is 0 Å². The fourth-order valence-electron chi connectivity index (χ4n) is 2.54. The number of hydrogen-bond donors (Lipinski definition) is 1. The summed E-state index contributed by atoms with van der Waals surface area (Å²) < 4.78 is 0. The number of aryl methyl sites for hydroxylation is 1. The van der Waals surface area contributed by atoms with Gasteiger partial charge in [0.25, 0.3) is 0 Å².